The average Bonchev–Trinajstić information content (AvgIpc) is 2.93. The number of fused-ring (bicyclic) bond motifs is 1. The van der Waals surface area contributed by atoms with Crippen LogP contribution in [0.2, 0.25) is 0 Å². The number of rotatable bonds is 3. The molecule has 0 aliphatic carbocycles. The maximum Gasteiger partial charge on any atom is 0.262 e. The molecule has 1 fully saturated rings. The highest BCUT2D eigenvalue weighted by atomic mass is 32.2. The number of nitrogens with two attached hydrogens (primary N) is 1. The Labute approximate surface area is 128 Å². The van der Waals surface area contributed by atoms with Gasteiger partial charge in [0.25, 0.3) is 5.91 Å². The first kappa shape index (κ1) is 15.1. The summed E-state index contributed by atoms with van der Waals surface area (Å²) in [5.74, 6) is 0.170. The van der Waals surface area contributed by atoms with Crippen LogP contribution in [0.1, 0.15) is 6.42 Å². The van der Waals surface area contributed by atoms with E-state index in [1.807, 2.05) is 0 Å². The third-order valence-corrected chi connectivity index (χ3v) is 5.59. The van der Waals surface area contributed by atoms with Gasteiger partial charge in [-0.15, -0.1) is 0 Å². The minimum Gasteiger partial charge on any atom is -0.495 e. The van der Waals surface area contributed by atoms with Gasteiger partial charge >= 0.3 is 0 Å². The number of hydrogen-bond donors (Lipinski definition) is 2. The standard InChI is InChI=1S/C13H17N3O5S/c1-20-11-4-9-10(21-7-13(17)15-9)5-12(11)22(18,19)16-3-2-8(14)6-16/h4-5,8H,2-3,6-7,14H2,1H3,(H,15,17)/t8-/m1/s1. The Morgan fingerprint density at radius 2 is 2.23 bits per heavy atom. The number of amides is 1. The molecular weight excluding hydrogens is 310 g/mol. The zero-order valence-corrected chi connectivity index (χ0v) is 12.9. The fourth-order valence-corrected chi connectivity index (χ4v) is 4.22. The molecule has 0 unspecified atom stereocenters. The Balaban J connectivity index is 2.04. The molecule has 1 atom stereocenters. The summed E-state index contributed by atoms with van der Waals surface area (Å²) < 4.78 is 37.3. The lowest BCUT2D eigenvalue weighted by Gasteiger charge is -2.22. The van der Waals surface area contributed by atoms with Crippen molar-refractivity contribution < 1.29 is 22.7 Å². The monoisotopic (exact) mass is 327 g/mol. The van der Waals surface area contributed by atoms with Gasteiger partial charge in [-0.1, -0.05) is 0 Å². The van der Waals surface area contributed by atoms with E-state index in [0.717, 1.165) is 0 Å². The van der Waals surface area contributed by atoms with Crippen LogP contribution in [-0.2, 0) is 14.8 Å². The highest BCUT2D eigenvalue weighted by Crippen LogP contribution is 2.38. The van der Waals surface area contributed by atoms with Crippen LogP contribution in [0.4, 0.5) is 5.69 Å². The van der Waals surface area contributed by atoms with Gasteiger partial charge in [-0.2, -0.15) is 4.31 Å². The number of nitrogens with one attached hydrogen (secondary N) is 1. The summed E-state index contributed by atoms with van der Waals surface area (Å²) in [5.41, 5.74) is 6.18. The van der Waals surface area contributed by atoms with Crippen molar-refractivity contribution in [1.82, 2.24) is 4.31 Å². The summed E-state index contributed by atoms with van der Waals surface area (Å²) in [7, 11) is -2.35. The van der Waals surface area contributed by atoms with Crippen molar-refractivity contribution in [2.45, 2.75) is 17.4 Å². The molecule has 2 heterocycles. The van der Waals surface area contributed by atoms with E-state index in [2.05, 4.69) is 5.32 Å². The molecule has 0 radical (unpaired) electrons. The molecule has 120 valence electrons. The molecule has 8 nitrogen and oxygen atoms in total. The van der Waals surface area contributed by atoms with Crippen LogP contribution in [0.25, 0.3) is 0 Å². The summed E-state index contributed by atoms with van der Waals surface area (Å²) in [6, 6.07) is 2.68. The first-order valence-corrected chi connectivity index (χ1v) is 8.26. The summed E-state index contributed by atoms with van der Waals surface area (Å²) in [6.07, 6.45) is 0.624. The van der Waals surface area contributed by atoms with Crippen molar-refractivity contribution in [2.24, 2.45) is 5.73 Å². The van der Waals surface area contributed by atoms with Crippen LogP contribution in [0.3, 0.4) is 0 Å². The fourth-order valence-electron chi connectivity index (χ4n) is 2.56. The second-order valence-corrected chi connectivity index (χ2v) is 7.15. The number of anilines is 1. The van der Waals surface area contributed by atoms with Crippen LogP contribution in [-0.4, -0.2) is 51.5 Å². The van der Waals surface area contributed by atoms with Crippen LogP contribution >= 0.6 is 0 Å². The van der Waals surface area contributed by atoms with E-state index >= 15 is 0 Å². The predicted molar refractivity (Wildman–Crippen MR) is 78.5 cm³/mol. The van der Waals surface area contributed by atoms with Crippen LogP contribution in [0, 0.1) is 0 Å². The molecule has 22 heavy (non-hydrogen) atoms. The van der Waals surface area contributed by atoms with E-state index in [0.29, 0.717) is 24.4 Å². The molecule has 3 N–H and O–H groups in total. The summed E-state index contributed by atoms with van der Waals surface area (Å²) in [5, 5.41) is 2.62. The number of sulfonamides is 1. The zero-order valence-electron chi connectivity index (χ0n) is 12.0. The molecule has 2 aliphatic heterocycles. The smallest absolute Gasteiger partial charge is 0.262 e. The highest BCUT2D eigenvalue weighted by Gasteiger charge is 2.34. The number of hydrogen-bond acceptors (Lipinski definition) is 6. The molecule has 9 heteroatoms. The van der Waals surface area contributed by atoms with Crippen molar-refractivity contribution in [3.8, 4) is 11.5 Å². The van der Waals surface area contributed by atoms with Crippen molar-refractivity contribution >= 4 is 21.6 Å². The number of ether oxygens (including phenoxy) is 2. The molecular formula is C13H17N3O5S. The largest absolute Gasteiger partial charge is 0.495 e. The molecule has 2 aliphatic rings. The van der Waals surface area contributed by atoms with Crippen LogP contribution in [0.15, 0.2) is 17.0 Å². The van der Waals surface area contributed by atoms with Gasteiger partial charge < -0.3 is 20.5 Å². The van der Waals surface area contributed by atoms with Gasteiger partial charge in [0.05, 0.1) is 12.8 Å². The van der Waals surface area contributed by atoms with E-state index in [9.17, 15) is 13.2 Å². The minimum absolute atomic E-state index is 0.0130. The first-order valence-electron chi connectivity index (χ1n) is 6.82. The maximum atomic E-state index is 12.8. The molecule has 0 spiro atoms. The van der Waals surface area contributed by atoms with Gasteiger partial charge in [0, 0.05) is 31.3 Å². The van der Waals surface area contributed by atoms with E-state index in [4.69, 9.17) is 15.2 Å². The Morgan fingerprint density at radius 1 is 1.45 bits per heavy atom. The summed E-state index contributed by atoms with van der Waals surface area (Å²) >= 11 is 0. The number of nitrogens with zero attached hydrogens (tertiary/aromatic N) is 1. The van der Waals surface area contributed by atoms with Gasteiger partial charge in [0.15, 0.2) is 6.61 Å². The van der Waals surface area contributed by atoms with E-state index in [1.165, 1.54) is 23.5 Å². The second kappa shape index (κ2) is 5.41. The molecule has 0 saturated carbocycles. The topological polar surface area (TPSA) is 111 Å². The van der Waals surface area contributed by atoms with Crippen molar-refractivity contribution in [3.63, 3.8) is 0 Å². The Morgan fingerprint density at radius 3 is 2.86 bits per heavy atom. The second-order valence-electron chi connectivity index (χ2n) is 5.25. The third kappa shape index (κ3) is 2.51. The number of benzene rings is 1. The number of carbonyl (C=O) groups is 1. The SMILES string of the molecule is COc1cc2c(cc1S(=O)(=O)N1CC[C@@H](N)C1)OCC(=O)N2. The zero-order chi connectivity index (χ0) is 15.9. The Bertz CT molecular complexity index is 719. The predicted octanol–water partition coefficient (Wildman–Crippen LogP) is -0.252. The molecule has 3 rings (SSSR count). The van der Waals surface area contributed by atoms with Crippen LogP contribution < -0.4 is 20.5 Å². The third-order valence-electron chi connectivity index (χ3n) is 3.70. The minimum atomic E-state index is -3.73. The van der Waals surface area contributed by atoms with E-state index < -0.39 is 10.0 Å². The normalized spacial score (nSPS) is 21.9. The van der Waals surface area contributed by atoms with Gasteiger partial charge in [-0.25, -0.2) is 8.42 Å². The average molecular weight is 327 g/mol. The lowest BCUT2D eigenvalue weighted by molar-refractivity contribution is -0.118. The van der Waals surface area contributed by atoms with Crippen LogP contribution in [0.5, 0.6) is 11.5 Å². The van der Waals surface area contributed by atoms with Crippen molar-refractivity contribution in [3.05, 3.63) is 12.1 Å². The summed E-state index contributed by atoms with van der Waals surface area (Å²) in [4.78, 5) is 11.3. The van der Waals surface area contributed by atoms with Gasteiger partial charge in [-0.3, -0.25) is 4.79 Å². The number of carbonyl (C=O) groups excluding carboxylic acids is 1. The van der Waals surface area contributed by atoms with Crippen molar-refractivity contribution in [2.75, 3.05) is 32.1 Å². The van der Waals surface area contributed by atoms with Gasteiger partial charge in [0.2, 0.25) is 10.0 Å². The van der Waals surface area contributed by atoms with E-state index in [1.54, 1.807) is 0 Å². The summed E-state index contributed by atoms with van der Waals surface area (Å²) in [6.45, 7) is 0.509. The molecule has 1 aromatic rings. The molecule has 1 aromatic carbocycles. The Hall–Kier alpha value is -1.84. The molecule has 0 bridgehead atoms. The van der Waals surface area contributed by atoms with E-state index in [-0.39, 0.29) is 35.7 Å². The lowest BCUT2D eigenvalue weighted by atomic mass is 10.2. The lowest BCUT2D eigenvalue weighted by Crippen LogP contribution is -2.32. The molecule has 0 aromatic heterocycles. The Kier molecular flexibility index (Phi) is 3.71. The fraction of sp³-hybridized carbons (Fsp3) is 0.462. The van der Waals surface area contributed by atoms with Crippen molar-refractivity contribution in [1.29, 1.82) is 0 Å². The van der Waals surface area contributed by atoms with Gasteiger partial charge in [-0.05, 0) is 6.42 Å². The first-order chi connectivity index (χ1) is 10.4. The quantitative estimate of drug-likeness (QED) is 0.792. The number of methoxy groups -OCH3 is 1. The highest BCUT2D eigenvalue weighted by molar-refractivity contribution is 7.89. The van der Waals surface area contributed by atoms with Gasteiger partial charge in [0.1, 0.15) is 16.4 Å². The molecule has 1 amide bonds. The maximum absolute atomic E-state index is 12.8. The molecule has 1 saturated heterocycles.